The molecule has 0 saturated carbocycles. The number of carboxylic acid groups (broad SMARTS) is 1. The van der Waals surface area contributed by atoms with Crippen LogP contribution in [0.1, 0.15) is 6.92 Å². The highest BCUT2D eigenvalue weighted by Gasteiger charge is 2.37. The lowest BCUT2D eigenvalue weighted by atomic mass is 10.1. The lowest BCUT2D eigenvalue weighted by Crippen LogP contribution is -2.48. The van der Waals surface area contributed by atoms with Gasteiger partial charge in [-0.25, -0.2) is 10.2 Å². The molecule has 1 heterocycles. The van der Waals surface area contributed by atoms with Crippen molar-refractivity contribution >= 4 is 17.6 Å². The maximum Gasteiger partial charge on any atom is 0.329 e. The summed E-state index contributed by atoms with van der Waals surface area (Å²) in [6.45, 7) is 1.54. The van der Waals surface area contributed by atoms with E-state index in [2.05, 4.69) is 5.43 Å². The highest BCUT2D eigenvalue weighted by atomic mass is 35.5. The second-order valence-corrected chi connectivity index (χ2v) is 3.03. The molecule has 1 rings (SSSR count). The molecule has 0 saturated heterocycles. The number of aliphatic carboxylic acids is 1. The molecule has 0 aromatic carbocycles. The molecule has 1 unspecified atom stereocenters. The number of carboxylic acids is 1. The highest BCUT2D eigenvalue weighted by Crippen LogP contribution is 2.21. The molecule has 0 aromatic rings. The van der Waals surface area contributed by atoms with Crippen LogP contribution >= 0.6 is 11.6 Å². The van der Waals surface area contributed by atoms with Crippen LogP contribution in [0.25, 0.3) is 0 Å². The van der Waals surface area contributed by atoms with E-state index in [4.69, 9.17) is 16.7 Å². The molecule has 5 heteroatoms. The molecule has 0 amide bonds. The van der Waals surface area contributed by atoms with Crippen molar-refractivity contribution in [1.82, 2.24) is 10.4 Å². The first-order chi connectivity index (χ1) is 4.96. The van der Waals surface area contributed by atoms with Crippen molar-refractivity contribution in [3.05, 3.63) is 11.2 Å². The van der Waals surface area contributed by atoms with E-state index in [1.807, 2.05) is 0 Å². The number of rotatable bonds is 1. The van der Waals surface area contributed by atoms with Crippen LogP contribution in [0, 0.1) is 0 Å². The van der Waals surface area contributed by atoms with E-state index in [0.29, 0.717) is 5.16 Å². The Balaban J connectivity index is 2.88. The van der Waals surface area contributed by atoms with Gasteiger partial charge in [0.15, 0.2) is 5.54 Å². The molecule has 11 heavy (non-hydrogen) atoms. The summed E-state index contributed by atoms with van der Waals surface area (Å²) in [5, 5.41) is 10.6. The molecule has 0 radical (unpaired) electrons. The van der Waals surface area contributed by atoms with Gasteiger partial charge in [-0.3, -0.25) is 5.01 Å². The zero-order valence-electron chi connectivity index (χ0n) is 6.26. The van der Waals surface area contributed by atoms with Crippen molar-refractivity contribution in [2.24, 2.45) is 0 Å². The van der Waals surface area contributed by atoms with Gasteiger partial charge in [0, 0.05) is 7.05 Å². The van der Waals surface area contributed by atoms with Gasteiger partial charge in [0.2, 0.25) is 0 Å². The number of hydrogen-bond donors (Lipinski definition) is 2. The lowest BCUT2D eigenvalue weighted by Gasteiger charge is -2.20. The minimum atomic E-state index is -1.06. The molecule has 2 N–H and O–H groups in total. The average molecular weight is 177 g/mol. The standard InChI is InChI=1S/C6H9ClN2O2/c1-6(5(10)11)3-4(7)9(2)8-6/h3,8H,1-2H3,(H,10,11). The molecule has 0 aromatic heterocycles. The monoisotopic (exact) mass is 176 g/mol. The zero-order valence-corrected chi connectivity index (χ0v) is 7.01. The quantitative estimate of drug-likeness (QED) is 0.567. The van der Waals surface area contributed by atoms with Crippen molar-refractivity contribution in [1.29, 1.82) is 0 Å². The third-order valence-electron chi connectivity index (χ3n) is 1.57. The Hall–Kier alpha value is -0.740. The van der Waals surface area contributed by atoms with E-state index in [1.165, 1.54) is 11.1 Å². The summed E-state index contributed by atoms with van der Waals surface area (Å²) in [5.41, 5.74) is 1.62. The molecular weight excluding hydrogens is 168 g/mol. The normalized spacial score (nSPS) is 30.5. The highest BCUT2D eigenvalue weighted by molar-refractivity contribution is 6.29. The van der Waals surface area contributed by atoms with Crippen molar-refractivity contribution in [2.45, 2.75) is 12.5 Å². The third-order valence-corrected chi connectivity index (χ3v) is 1.94. The van der Waals surface area contributed by atoms with E-state index in [1.54, 1.807) is 14.0 Å². The fourth-order valence-electron chi connectivity index (χ4n) is 0.879. The van der Waals surface area contributed by atoms with Gasteiger partial charge in [-0.2, -0.15) is 0 Å². The van der Waals surface area contributed by atoms with Crippen LogP contribution in [0.3, 0.4) is 0 Å². The van der Waals surface area contributed by atoms with Crippen LogP contribution in [0.4, 0.5) is 0 Å². The summed E-state index contributed by atoms with van der Waals surface area (Å²) >= 11 is 5.65. The summed E-state index contributed by atoms with van der Waals surface area (Å²) in [6, 6.07) is 0. The molecule has 0 bridgehead atoms. The predicted octanol–water partition coefficient (Wildman–Crippen LogP) is 0.360. The fourth-order valence-corrected chi connectivity index (χ4v) is 1.14. The Morgan fingerprint density at radius 2 is 2.45 bits per heavy atom. The van der Waals surface area contributed by atoms with Crippen LogP contribution in [0.15, 0.2) is 11.2 Å². The Morgan fingerprint density at radius 3 is 2.64 bits per heavy atom. The average Bonchev–Trinajstić information content (AvgIpc) is 2.09. The summed E-state index contributed by atoms with van der Waals surface area (Å²) in [7, 11) is 1.66. The molecule has 0 aliphatic carbocycles. The van der Waals surface area contributed by atoms with Crippen LogP contribution < -0.4 is 5.43 Å². The number of halogens is 1. The van der Waals surface area contributed by atoms with Gasteiger partial charge in [-0.1, -0.05) is 11.6 Å². The maximum absolute atomic E-state index is 10.6. The predicted molar refractivity (Wildman–Crippen MR) is 40.9 cm³/mol. The van der Waals surface area contributed by atoms with E-state index < -0.39 is 11.5 Å². The van der Waals surface area contributed by atoms with Crippen molar-refractivity contribution in [3.63, 3.8) is 0 Å². The van der Waals surface area contributed by atoms with Crippen molar-refractivity contribution < 1.29 is 9.90 Å². The Morgan fingerprint density at radius 1 is 1.91 bits per heavy atom. The minimum absolute atomic E-state index is 0.398. The topological polar surface area (TPSA) is 52.6 Å². The van der Waals surface area contributed by atoms with Gasteiger partial charge in [0.25, 0.3) is 0 Å². The van der Waals surface area contributed by atoms with Gasteiger partial charge >= 0.3 is 5.97 Å². The van der Waals surface area contributed by atoms with Gasteiger partial charge in [0.1, 0.15) is 5.16 Å². The second kappa shape index (κ2) is 2.39. The summed E-state index contributed by atoms with van der Waals surface area (Å²) < 4.78 is 0. The number of nitrogens with zero attached hydrogens (tertiary/aromatic N) is 1. The third kappa shape index (κ3) is 1.32. The molecule has 0 fully saturated rings. The molecule has 62 valence electrons. The van der Waals surface area contributed by atoms with Crippen molar-refractivity contribution in [3.8, 4) is 0 Å². The fraction of sp³-hybridized carbons (Fsp3) is 0.500. The second-order valence-electron chi connectivity index (χ2n) is 2.65. The minimum Gasteiger partial charge on any atom is -0.480 e. The first-order valence-electron chi connectivity index (χ1n) is 3.09. The van der Waals surface area contributed by atoms with E-state index in [-0.39, 0.29) is 0 Å². The van der Waals surface area contributed by atoms with E-state index >= 15 is 0 Å². The molecule has 1 aliphatic rings. The van der Waals surface area contributed by atoms with Gasteiger partial charge in [-0.15, -0.1) is 0 Å². The lowest BCUT2D eigenvalue weighted by molar-refractivity contribution is -0.142. The van der Waals surface area contributed by atoms with Crippen LogP contribution in [-0.2, 0) is 4.79 Å². The largest absolute Gasteiger partial charge is 0.480 e. The summed E-state index contributed by atoms with van der Waals surface area (Å²) in [4.78, 5) is 10.6. The molecular formula is C6H9ClN2O2. The maximum atomic E-state index is 10.6. The first kappa shape index (κ1) is 8.36. The first-order valence-corrected chi connectivity index (χ1v) is 3.47. The molecule has 1 aliphatic heterocycles. The van der Waals surface area contributed by atoms with Gasteiger partial charge in [-0.05, 0) is 13.0 Å². The van der Waals surface area contributed by atoms with E-state index in [9.17, 15) is 4.79 Å². The number of hydrogen-bond acceptors (Lipinski definition) is 3. The Kier molecular flexibility index (Phi) is 1.82. The Labute approximate surface area is 69.4 Å². The molecule has 4 nitrogen and oxygen atoms in total. The SMILES string of the molecule is CN1NC(C)(C(=O)O)C=C1Cl. The Bertz CT molecular complexity index is 229. The number of carbonyl (C=O) groups is 1. The zero-order chi connectivity index (χ0) is 8.65. The van der Waals surface area contributed by atoms with Crippen molar-refractivity contribution in [2.75, 3.05) is 7.05 Å². The summed E-state index contributed by atoms with van der Waals surface area (Å²) in [5.74, 6) is -0.944. The van der Waals surface area contributed by atoms with Gasteiger partial charge in [0.05, 0.1) is 0 Å². The number of nitrogens with one attached hydrogen (secondary N) is 1. The summed E-state index contributed by atoms with van der Waals surface area (Å²) in [6.07, 6.45) is 1.46. The number of hydrazine groups is 1. The van der Waals surface area contributed by atoms with Crippen LogP contribution in [0.5, 0.6) is 0 Å². The smallest absolute Gasteiger partial charge is 0.329 e. The van der Waals surface area contributed by atoms with E-state index in [0.717, 1.165) is 0 Å². The van der Waals surface area contributed by atoms with Crippen LogP contribution in [0.2, 0.25) is 0 Å². The van der Waals surface area contributed by atoms with Gasteiger partial charge < -0.3 is 5.11 Å². The molecule has 1 atom stereocenters. The van der Waals surface area contributed by atoms with Crippen LogP contribution in [-0.4, -0.2) is 28.7 Å². The molecule has 0 spiro atoms.